The van der Waals surface area contributed by atoms with Crippen molar-refractivity contribution in [1.29, 1.82) is 0 Å². The lowest BCUT2D eigenvalue weighted by molar-refractivity contribution is 0.0949. The summed E-state index contributed by atoms with van der Waals surface area (Å²) in [5.41, 5.74) is 1.04. The number of hydrogen-bond acceptors (Lipinski definition) is 3. The number of hydrogen-bond donors (Lipinski definition) is 1. The molecule has 0 aliphatic carbocycles. The number of rotatable bonds is 5. The maximum atomic E-state index is 12.1. The molecule has 4 nitrogen and oxygen atoms in total. The summed E-state index contributed by atoms with van der Waals surface area (Å²) in [6, 6.07) is 4.60. The fourth-order valence-electron chi connectivity index (χ4n) is 1.87. The van der Waals surface area contributed by atoms with Crippen molar-refractivity contribution in [3.8, 4) is 0 Å². The number of carbonyl (C=O) groups is 1. The van der Waals surface area contributed by atoms with Crippen LogP contribution in [0, 0.1) is 5.41 Å². The summed E-state index contributed by atoms with van der Waals surface area (Å²) in [5.74, 6) is -0.288. The van der Waals surface area contributed by atoms with Crippen molar-refractivity contribution < 1.29 is 13.2 Å². The first-order chi connectivity index (χ1) is 9.54. The summed E-state index contributed by atoms with van der Waals surface area (Å²) in [4.78, 5) is 12.1. The Labute approximate surface area is 131 Å². The minimum Gasteiger partial charge on any atom is -0.352 e. The molecular weight excluding hydrogens is 310 g/mol. The number of carbonyl (C=O) groups excluding carboxylic acids is 1. The van der Waals surface area contributed by atoms with Gasteiger partial charge in [0.25, 0.3) is 15.0 Å². The topological polar surface area (TPSA) is 63.2 Å². The second-order valence-electron chi connectivity index (χ2n) is 6.18. The molecule has 0 aliphatic heterocycles. The molecule has 1 aromatic carbocycles. The highest BCUT2D eigenvalue weighted by atomic mass is 35.7. The molecule has 0 atom stereocenters. The maximum absolute atomic E-state index is 12.1. The molecule has 1 aromatic rings. The summed E-state index contributed by atoms with van der Waals surface area (Å²) in [7, 11) is 1.57. The summed E-state index contributed by atoms with van der Waals surface area (Å²) in [6.45, 7) is 8.65. The van der Waals surface area contributed by atoms with Gasteiger partial charge in [-0.05, 0) is 36.0 Å². The van der Waals surface area contributed by atoms with E-state index in [0.717, 1.165) is 6.42 Å². The zero-order chi connectivity index (χ0) is 16.3. The SMILES string of the molecule is CCc1ccc(C(=O)NCCC(C)(C)C)cc1S(=O)(=O)Cl. The Kier molecular flexibility index (Phi) is 5.82. The number of aryl methyl sites for hydroxylation is 1. The Morgan fingerprint density at radius 2 is 1.90 bits per heavy atom. The zero-order valence-corrected chi connectivity index (χ0v) is 14.4. The van der Waals surface area contributed by atoms with E-state index < -0.39 is 9.05 Å². The Morgan fingerprint density at radius 1 is 1.29 bits per heavy atom. The fourth-order valence-corrected chi connectivity index (χ4v) is 3.09. The van der Waals surface area contributed by atoms with Gasteiger partial charge in [0.15, 0.2) is 0 Å². The molecule has 1 amide bonds. The highest BCUT2D eigenvalue weighted by molar-refractivity contribution is 8.13. The largest absolute Gasteiger partial charge is 0.352 e. The molecule has 0 heterocycles. The molecule has 0 aliphatic rings. The van der Waals surface area contributed by atoms with Crippen molar-refractivity contribution in [1.82, 2.24) is 5.32 Å². The van der Waals surface area contributed by atoms with Gasteiger partial charge in [0.1, 0.15) is 0 Å². The van der Waals surface area contributed by atoms with Crippen molar-refractivity contribution in [2.75, 3.05) is 6.54 Å². The predicted octanol–water partition coefficient (Wildman–Crippen LogP) is 3.34. The van der Waals surface area contributed by atoms with Crippen LogP contribution < -0.4 is 5.32 Å². The van der Waals surface area contributed by atoms with Crippen LogP contribution in [0.4, 0.5) is 0 Å². The first-order valence-corrected chi connectivity index (χ1v) is 9.21. The van der Waals surface area contributed by atoms with E-state index >= 15 is 0 Å². The second-order valence-corrected chi connectivity index (χ2v) is 8.71. The summed E-state index contributed by atoms with van der Waals surface area (Å²) in [5, 5.41) is 2.79. The van der Waals surface area contributed by atoms with Crippen LogP contribution in [0.5, 0.6) is 0 Å². The van der Waals surface area contributed by atoms with Gasteiger partial charge >= 0.3 is 0 Å². The van der Waals surface area contributed by atoms with Crippen molar-refractivity contribution in [2.24, 2.45) is 5.41 Å². The van der Waals surface area contributed by atoms with E-state index in [1.165, 1.54) is 6.07 Å². The molecule has 0 bridgehead atoms. The van der Waals surface area contributed by atoms with Crippen molar-refractivity contribution >= 4 is 25.6 Å². The standard InChI is InChI=1S/C15H22ClNO3S/c1-5-11-6-7-12(10-13(11)21(16,19)20)14(18)17-9-8-15(2,3)4/h6-7,10H,5,8-9H2,1-4H3,(H,17,18). The molecule has 0 unspecified atom stereocenters. The van der Waals surface area contributed by atoms with E-state index in [1.54, 1.807) is 12.1 Å². The van der Waals surface area contributed by atoms with Crippen molar-refractivity contribution in [2.45, 2.75) is 45.4 Å². The summed E-state index contributed by atoms with van der Waals surface area (Å²) in [6.07, 6.45) is 1.37. The fraction of sp³-hybridized carbons (Fsp3) is 0.533. The Morgan fingerprint density at radius 3 is 2.38 bits per heavy atom. The third kappa shape index (κ3) is 5.67. The Hall–Kier alpha value is -1.07. The van der Waals surface area contributed by atoms with Gasteiger partial charge in [0, 0.05) is 22.8 Å². The number of halogens is 1. The predicted molar refractivity (Wildman–Crippen MR) is 85.3 cm³/mol. The molecule has 1 rings (SSSR count). The lowest BCUT2D eigenvalue weighted by Crippen LogP contribution is -2.27. The third-order valence-corrected chi connectivity index (χ3v) is 4.54. The lowest BCUT2D eigenvalue weighted by Gasteiger charge is -2.18. The van der Waals surface area contributed by atoms with E-state index in [1.807, 2.05) is 6.92 Å². The molecule has 6 heteroatoms. The van der Waals surface area contributed by atoms with Crippen LogP contribution in [-0.4, -0.2) is 20.9 Å². The monoisotopic (exact) mass is 331 g/mol. The third-order valence-electron chi connectivity index (χ3n) is 3.13. The van der Waals surface area contributed by atoms with Gasteiger partial charge in [-0.15, -0.1) is 0 Å². The minimum absolute atomic E-state index is 0.00939. The van der Waals surface area contributed by atoms with Crippen LogP contribution in [0.1, 0.15) is 50.0 Å². The molecule has 1 N–H and O–H groups in total. The van der Waals surface area contributed by atoms with E-state index in [-0.39, 0.29) is 16.2 Å². The first-order valence-electron chi connectivity index (χ1n) is 6.90. The number of benzene rings is 1. The lowest BCUT2D eigenvalue weighted by atomic mass is 9.92. The number of amides is 1. The summed E-state index contributed by atoms with van der Waals surface area (Å²) >= 11 is 0. The molecule has 0 aromatic heterocycles. The van der Waals surface area contributed by atoms with E-state index in [2.05, 4.69) is 26.1 Å². The van der Waals surface area contributed by atoms with Crippen LogP contribution in [0.15, 0.2) is 23.1 Å². The second kappa shape index (κ2) is 6.79. The molecule has 0 radical (unpaired) electrons. The average molecular weight is 332 g/mol. The van der Waals surface area contributed by atoms with Crippen molar-refractivity contribution in [3.63, 3.8) is 0 Å². The van der Waals surface area contributed by atoms with E-state index in [9.17, 15) is 13.2 Å². The maximum Gasteiger partial charge on any atom is 0.261 e. The summed E-state index contributed by atoms with van der Waals surface area (Å²) < 4.78 is 23.1. The van der Waals surface area contributed by atoms with Gasteiger partial charge in [-0.1, -0.05) is 33.8 Å². The van der Waals surface area contributed by atoms with Crippen LogP contribution in [0.3, 0.4) is 0 Å². The van der Waals surface area contributed by atoms with Gasteiger partial charge < -0.3 is 5.32 Å². The van der Waals surface area contributed by atoms with Crippen molar-refractivity contribution in [3.05, 3.63) is 29.3 Å². The molecule has 21 heavy (non-hydrogen) atoms. The molecule has 0 saturated heterocycles. The molecular formula is C15H22ClNO3S. The Balaban J connectivity index is 2.92. The highest BCUT2D eigenvalue weighted by Crippen LogP contribution is 2.22. The molecule has 118 valence electrons. The molecule has 0 saturated carbocycles. The average Bonchev–Trinajstić information content (AvgIpc) is 2.35. The zero-order valence-electron chi connectivity index (χ0n) is 12.9. The van der Waals surface area contributed by atoms with E-state index in [0.29, 0.717) is 24.1 Å². The molecule has 0 fully saturated rings. The van der Waals surface area contributed by atoms with Gasteiger partial charge in [-0.2, -0.15) is 0 Å². The van der Waals surface area contributed by atoms with Gasteiger partial charge in [0.05, 0.1) is 4.90 Å². The van der Waals surface area contributed by atoms with Gasteiger partial charge in [-0.3, -0.25) is 4.79 Å². The quantitative estimate of drug-likeness (QED) is 0.842. The Bertz CT molecular complexity index is 618. The first kappa shape index (κ1) is 18.0. The van der Waals surface area contributed by atoms with Crippen LogP contribution in [0.2, 0.25) is 0 Å². The molecule has 0 spiro atoms. The van der Waals surface area contributed by atoms with Crippen LogP contribution in [0.25, 0.3) is 0 Å². The smallest absolute Gasteiger partial charge is 0.261 e. The highest BCUT2D eigenvalue weighted by Gasteiger charge is 2.18. The van der Waals surface area contributed by atoms with Gasteiger partial charge in [0.2, 0.25) is 0 Å². The normalized spacial score (nSPS) is 12.2. The van der Waals surface area contributed by atoms with Crippen LogP contribution >= 0.6 is 10.7 Å². The van der Waals surface area contributed by atoms with Gasteiger partial charge in [-0.25, -0.2) is 8.42 Å². The van der Waals surface area contributed by atoms with Crippen LogP contribution in [-0.2, 0) is 15.5 Å². The van der Waals surface area contributed by atoms with E-state index in [4.69, 9.17) is 10.7 Å². The minimum atomic E-state index is -3.85. The number of nitrogens with one attached hydrogen (secondary N) is 1.